The molecule has 3 aliphatic heterocycles. The van der Waals surface area contributed by atoms with Crippen molar-refractivity contribution in [3.63, 3.8) is 0 Å². The summed E-state index contributed by atoms with van der Waals surface area (Å²) >= 11 is 0. The molecule has 3 rings (SSSR count). The minimum Gasteiger partial charge on any atom is -0.467 e. The van der Waals surface area contributed by atoms with Gasteiger partial charge in [-0.15, -0.1) is 0 Å². The molecule has 6 heteroatoms. The topological polar surface area (TPSA) is 67.9 Å². The first-order valence-corrected chi connectivity index (χ1v) is 6.47. The van der Waals surface area contributed by atoms with E-state index in [-0.39, 0.29) is 18.1 Å². The van der Waals surface area contributed by atoms with Crippen LogP contribution in [-0.2, 0) is 19.1 Å². The molecule has 3 saturated heterocycles. The Bertz CT molecular complexity index is 378. The van der Waals surface area contributed by atoms with Gasteiger partial charge in [0.1, 0.15) is 12.3 Å². The van der Waals surface area contributed by atoms with Crippen LogP contribution in [0.2, 0.25) is 0 Å². The molecular weight excluding hydrogens is 236 g/mol. The molecule has 18 heavy (non-hydrogen) atoms. The number of amides is 1. The zero-order chi connectivity index (χ0) is 12.8. The van der Waals surface area contributed by atoms with Crippen molar-refractivity contribution in [3.8, 4) is 0 Å². The number of rotatable bonds is 1. The molecule has 0 aromatic carbocycles. The van der Waals surface area contributed by atoms with Crippen molar-refractivity contribution in [3.05, 3.63) is 0 Å². The number of carbonyl (C=O) groups excluding carboxylic acids is 2. The Balaban J connectivity index is 1.83. The number of methoxy groups -OCH3 is 1. The molecule has 2 unspecified atom stereocenters. The largest absolute Gasteiger partial charge is 0.467 e. The highest BCUT2D eigenvalue weighted by Gasteiger charge is 2.58. The number of hydrogen-bond acceptors (Lipinski definition) is 5. The number of piperidine rings is 1. The smallest absolute Gasteiger partial charge is 0.328 e. The van der Waals surface area contributed by atoms with E-state index in [0.29, 0.717) is 19.3 Å². The van der Waals surface area contributed by atoms with Crippen molar-refractivity contribution in [1.82, 2.24) is 10.2 Å². The SMILES string of the molecule is COC(=O)C1CCC2OC3(CCNCC3)C(=O)N21. The third-order valence-corrected chi connectivity index (χ3v) is 4.20. The van der Waals surface area contributed by atoms with Gasteiger partial charge >= 0.3 is 5.97 Å². The Morgan fingerprint density at radius 1 is 1.44 bits per heavy atom. The van der Waals surface area contributed by atoms with Gasteiger partial charge in [0.2, 0.25) is 0 Å². The number of hydrogen-bond donors (Lipinski definition) is 1. The highest BCUT2D eigenvalue weighted by molar-refractivity contribution is 5.92. The fourth-order valence-electron chi connectivity index (χ4n) is 3.24. The predicted octanol–water partition coefficient (Wildman–Crippen LogP) is -0.371. The van der Waals surface area contributed by atoms with Crippen LogP contribution in [0.5, 0.6) is 0 Å². The van der Waals surface area contributed by atoms with Gasteiger partial charge in [0, 0.05) is 0 Å². The van der Waals surface area contributed by atoms with Crippen molar-refractivity contribution in [1.29, 1.82) is 0 Å². The maximum absolute atomic E-state index is 12.6. The van der Waals surface area contributed by atoms with Gasteiger partial charge in [-0.3, -0.25) is 4.79 Å². The van der Waals surface area contributed by atoms with E-state index in [1.807, 2.05) is 0 Å². The lowest BCUT2D eigenvalue weighted by Crippen LogP contribution is -2.51. The van der Waals surface area contributed by atoms with E-state index in [1.54, 1.807) is 4.90 Å². The molecule has 0 aromatic rings. The number of esters is 1. The lowest BCUT2D eigenvalue weighted by Gasteiger charge is -2.31. The molecule has 3 aliphatic rings. The van der Waals surface area contributed by atoms with Crippen LogP contribution in [0.1, 0.15) is 25.7 Å². The number of ether oxygens (including phenoxy) is 2. The van der Waals surface area contributed by atoms with Gasteiger partial charge in [-0.2, -0.15) is 0 Å². The first-order chi connectivity index (χ1) is 8.68. The van der Waals surface area contributed by atoms with Gasteiger partial charge in [0.15, 0.2) is 5.60 Å². The third kappa shape index (κ3) is 1.55. The molecule has 1 spiro atoms. The van der Waals surface area contributed by atoms with E-state index in [0.717, 1.165) is 19.5 Å². The van der Waals surface area contributed by atoms with Crippen LogP contribution in [-0.4, -0.2) is 54.8 Å². The average Bonchev–Trinajstić information content (AvgIpc) is 2.90. The summed E-state index contributed by atoms with van der Waals surface area (Å²) < 4.78 is 10.7. The van der Waals surface area contributed by atoms with Crippen molar-refractivity contribution < 1.29 is 19.1 Å². The summed E-state index contributed by atoms with van der Waals surface area (Å²) in [6, 6.07) is -0.457. The fourth-order valence-corrected chi connectivity index (χ4v) is 3.24. The summed E-state index contributed by atoms with van der Waals surface area (Å²) in [6.07, 6.45) is 2.50. The maximum atomic E-state index is 12.6. The van der Waals surface area contributed by atoms with Gasteiger partial charge in [0.05, 0.1) is 7.11 Å². The van der Waals surface area contributed by atoms with Gasteiger partial charge in [-0.25, -0.2) is 4.79 Å². The van der Waals surface area contributed by atoms with E-state index in [9.17, 15) is 9.59 Å². The maximum Gasteiger partial charge on any atom is 0.328 e. The molecule has 100 valence electrons. The Hall–Kier alpha value is -1.14. The molecule has 0 bridgehead atoms. The fraction of sp³-hybridized carbons (Fsp3) is 0.833. The number of fused-ring (bicyclic) bond motifs is 1. The third-order valence-electron chi connectivity index (χ3n) is 4.20. The Morgan fingerprint density at radius 2 is 2.17 bits per heavy atom. The van der Waals surface area contributed by atoms with Gasteiger partial charge in [-0.1, -0.05) is 0 Å². The van der Waals surface area contributed by atoms with Crippen LogP contribution in [0.4, 0.5) is 0 Å². The monoisotopic (exact) mass is 254 g/mol. The summed E-state index contributed by atoms with van der Waals surface area (Å²) in [4.78, 5) is 25.9. The minimum atomic E-state index is -0.692. The standard InChI is InChI=1S/C12H18N2O4/c1-17-10(15)8-2-3-9-14(8)11(16)12(18-9)4-6-13-7-5-12/h8-9,13H,2-7H2,1H3. The molecule has 3 heterocycles. The molecule has 0 aliphatic carbocycles. The van der Waals surface area contributed by atoms with E-state index in [1.165, 1.54) is 7.11 Å². The Labute approximate surface area is 106 Å². The summed E-state index contributed by atoms with van der Waals surface area (Å²) in [5, 5.41) is 3.22. The lowest BCUT2D eigenvalue weighted by molar-refractivity contribution is -0.151. The normalized spacial score (nSPS) is 33.8. The van der Waals surface area contributed by atoms with E-state index in [4.69, 9.17) is 9.47 Å². The van der Waals surface area contributed by atoms with Gasteiger partial charge < -0.3 is 19.7 Å². The number of nitrogens with zero attached hydrogens (tertiary/aromatic N) is 1. The van der Waals surface area contributed by atoms with Crippen molar-refractivity contribution in [2.45, 2.75) is 43.6 Å². The molecule has 6 nitrogen and oxygen atoms in total. The van der Waals surface area contributed by atoms with Gasteiger partial charge in [0.25, 0.3) is 5.91 Å². The molecule has 0 radical (unpaired) electrons. The van der Waals surface area contributed by atoms with Crippen LogP contribution in [0.3, 0.4) is 0 Å². The van der Waals surface area contributed by atoms with E-state index in [2.05, 4.69) is 5.32 Å². The second-order valence-corrected chi connectivity index (χ2v) is 5.15. The summed E-state index contributed by atoms with van der Waals surface area (Å²) in [6.45, 7) is 1.57. The second-order valence-electron chi connectivity index (χ2n) is 5.15. The molecule has 0 saturated carbocycles. The zero-order valence-corrected chi connectivity index (χ0v) is 10.5. The highest BCUT2D eigenvalue weighted by atomic mass is 16.6. The van der Waals surface area contributed by atoms with Crippen LogP contribution >= 0.6 is 0 Å². The Kier molecular flexibility index (Phi) is 2.79. The van der Waals surface area contributed by atoms with E-state index >= 15 is 0 Å². The lowest BCUT2D eigenvalue weighted by atomic mass is 9.91. The van der Waals surface area contributed by atoms with Gasteiger partial charge in [-0.05, 0) is 38.8 Å². The molecule has 1 N–H and O–H groups in total. The predicted molar refractivity (Wildman–Crippen MR) is 61.6 cm³/mol. The summed E-state index contributed by atoms with van der Waals surface area (Å²) in [5.41, 5.74) is -0.692. The number of nitrogens with one attached hydrogen (secondary N) is 1. The zero-order valence-electron chi connectivity index (χ0n) is 10.5. The molecule has 2 atom stereocenters. The average molecular weight is 254 g/mol. The van der Waals surface area contributed by atoms with Crippen molar-refractivity contribution in [2.24, 2.45) is 0 Å². The quantitative estimate of drug-likeness (QED) is 0.647. The minimum absolute atomic E-state index is 0.0260. The van der Waals surface area contributed by atoms with Crippen LogP contribution < -0.4 is 5.32 Å². The Morgan fingerprint density at radius 3 is 2.83 bits per heavy atom. The van der Waals surface area contributed by atoms with E-state index < -0.39 is 11.6 Å². The molecular formula is C12H18N2O4. The summed E-state index contributed by atoms with van der Waals surface area (Å²) in [5.74, 6) is -0.359. The molecule has 3 fully saturated rings. The first kappa shape index (κ1) is 11.9. The summed E-state index contributed by atoms with van der Waals surface area (Å²) in [7, 11) is 1.36. The van der Waals surface area contributed by atoms with Crippen LogP contribution in [0.15, 0.2) is 0 Å². The van der Waals surface area contributed by atoms with Crippen molar-refractivity contribution in [2.75, 3.05) is 20.2 Å². The highest BCUT2D eigenvalue weighted by Crippen LogP contribution is 2.41. The van der Waals surface area contributed by atoms with Crippen LogP contribution in [0, 0.1) is 0 Å². The molecule has 1 amide bonds. The van der Waals surface area contributed by atoms with Crippen LogP contribution in [0.25, 0.3) is 0 Å². The van der Waals surface area contributed by atoms with Crippen molar-refractivity contribution >= 4 is 11.9 Å². The first-order valence-electron chi connectivity index (χ1n) is 6.47. The number of carbonyl (C=O) groups is 2. The molecule has 0 aromatic heterocycles. The second kappa shape index (κ2) is 4.20.